The zero-order chi connectivity index (χ0) is 19.9. The summed E-state index contributed by atoms with van der Waals surface area (Å²) in [5.74, 6) is 0.918. The van der Waals surface area contributed by atoms with E-state index in [-0.39, 0.29) is 5.91 Å². The fraction of sp³-hybridized carbons (Fsp3) is 0.409. The highest BCUT2D eigenvalue weighted by Crippen LogP contribution is 2.25. The van der Waals surface area contributed by atoms with E-state index in [0.29, 0.717) is 28.8 Å². The quantitative estimate of drug-likeness (QED) is 0.661. The number of benzene rings is 2. The van der Waals surface area contributed by atoms with Crippen LogP contribution in [0.2, 0.25) is 5.02 Å². The molecule has 0 aliphatic carbocycles. The molecule has 0 radical (unpaired) electrons. The van der Waals surface area contributed by atoms with Crippen molar-refractivity contribution in [1.82, 2.24) is 10.2 Å². The first kappa shape index (κ1) is 21.0. The van der Waals surface area contributed by atoms with Crippen LogP contribution in [0.1, 0.15) is 28.8 Å². The zero-order valence-electron chi connectivity index (χ0n) is 16.4. The number of ether oxygens (including phenoxy) is 1. The van der Waals surface area contributed by atoms with Gasteiger partial charge in [0.25, 0.3) is 5.91 Å². The van der Waals surface area contributed by atoms with E-state index in [4.69, 9.17) is 16.3 Å². The predicted octanol–water partition coefficient (Wildman–Crippen LogP) is 4.71. The van der Waals surface area contributed by atoms with Crippen LogP contribution in [-0.2, 0) is 6.54 Å². The maximum Gasteiger partial charge on any atom is 0.255 e. The van der Waals surface area contributed by atoms with Crippen molar-refractivity contribution in [3.8, 4) is 5.75 Å². The van der Waals surface area contributed by atoms with Crippen molar-refractivity contribution in [2.75, 3.05) is 33.0 Å². The molecule has 1 aliphatic rings. The standard InChI is InChI=1S/C22H27ClN2O2S/c1-27-20-8-7-18(23)13-19(20)22(26)24-14-16-9-11-25(12-10-16)15-17-5-3-4-6-21(17)28-2/h3-8,13,16H,9-12,14-15H2,1-2H3,(H,24,26). The molecule has 1 heterocycles. The maximum absolute atomic E-state index is 12.5. The SMILES string of the molecule is COc1ccc(Cl)cc1C(=O)NCC1CCN(Cc2ccccc2SC)CC1. The zero-order valence-corrected chi connectivity index (χ0v) is 18.0. The van der Waals surface area contributed by atoms with Gasteiger partial charge in [-0.15, -0.1) is 11.8 Å². The summed E-state index contributed by atoms with van der Waals surface area (Å²) in [6.07, 6.45) is 4.31. The number of likely N-dealkylation sites (tertiary alicyclic amines) is 1. The molecule has 1 saturated heterocycles. The number of methoxy groups -OCH3 is 1. The molecule has 0 atom stereocenters. The first-order valence-corrected chi connectivity index (χ1v) is 11.2. The molecular weight excluding hydrogens is 392 g/mol. The number of carbonyl (C=O) groups is 1. The molecule has 1 aliphatic heterocycles. The second kappa shape index (κ2) is 10.2. The topological polar surface area (TPSA) is 41.6 Å². The number of halogens is 1. The Morgan fingerprint density at radius 3 is 2.71 bits per heavy atom. The van der Waals surface area contributed by atoms with Crippen LogP contribution in [0.4, 0.5) is 0 Å². The van der Waals surface area contributed by atoms with Crippen molar-refractivity contribution in [3.63, 3.8) is 0 Å². The van der Waals surface area contributed by atoms with Gasteiger partial charge in [0.1, 0.15) is 5.75 Å². The number of piperidine rings is 1. The molecule has 0 unspecified atom stereocenters. The lowest BCUT2D eigenvalue weighted by Gasteiger charge is -2.32. The summed E-state index contributed by atoms with van der Waals surface area (Å²) in [5.41, 5.74) is 1.89. The van der Waals surface area contributed by atoms with Crippen molar-refractivity contribution in [2.45, 2.75) is 24.3 Å². The van der Waals surface area contributed by atoms with Gasteiger partial charge in [-0.2, -0.15) is 0 Å². The minimum absolute atomic E-state index is 0.129. The number of carbonyl (C=O) groups excluding carboxylic acids is 1. The van der Waals surface area contributed by atoms with Gasteiger partial charge in [-0.25, -0.2) is 0 Å². The van der Waals surface area contributed by atoms with E-state index in [1.165, 1.54) is 10.5 Å². The molecule has 1 fully saturated rings. The number of rotatable bonds is 7. The Kier molecular flexibility index (Phi) is 7.65. The molecular formula is C22H27ClN2O2S. The molecule has 3 rings (SSSR count). The van der Waals surface area contributed by atoms with Gasteiger partial charge in [0, 0.05) is 23.0 Å². The van der Waals surface area contributed by atoms with Gasteiger partial charge in [-0.1, -0.05) is 29.8 Å². The van der Waals surface area contributed by atoms with Gasteiger partial charge in [-0.3, -0.25) is 9.69 Å². The molecule has 2 aromatic rings. The van der Waals surface area contributed by atoms with E-state index in [1.807, 2.05) is 0 Å². The fourth-order valence-corrected chi connectivity index (χ4v) is 4.39. The monoisotopic (exact) mass is 418 g/mol. The van der Waals surface area contributed by atoms with Crippen molar-refractivity contribution < 1.29 is 9.53 Å². The van der Waals surface area contributed by atoms with Crippen LogP contribution in [0.25, 0.3) is 0 Å². The highest BCUT2D eigenvalue weighted by molar-refractivity contribution is 7.98. The molecule has 2 aromatic carbocycles. The lowest BCUT2D eigenvalue weighted by Crippen LogP contribution is -2.38. The normalized spacial score (nSPS) is 15.4. The summed E-state index contributed by atoms with van der Waals surface area (Å²) in [4.78, 5) is 16.4. The molecule has 1 amide bonds. The number of nitrogens with zero attached hydrogens (tertiary/aromatic N) is 1. The summed E-state index contributed by atoms with van der Waals surface area (Å²) < 4.78 is 5.27. The van der Waals surface area contributed by atoms with Crippen LogP contribution < -0.4 is 10.1 Å². The number of thioether (sulfide) groups is 1. The van der Waals surface area contributed by atoms with E-state index in [9.17, 15) is 4.79 Å². The highest BCUT2D eigenvalue weighted by Gasteiger charge is 2.21. The Labute approximate surface area is 176 Å². The van der Waals surface area contributed by atoms with Gasteiger partial charge >= 0.3 is 0 Å². The Bertz CT molecular complexity index is 807. The molecule has 150 valence electrons. The van der Waals surface area contributed by atoms with Crippen molar-refractivity contribution in [1.29, 1.82) is 0 Å². The van der Waals surface area contributed by atoms with Gasteiger partial charge in [0.05, 0.1) is 12.7 Å². The summed E-state index contributed by atoms with van der Waals surface area (Å²) in [5, 5.41) is 3.59. The third-order valence-corrected chi connectivity index (χ3v) is 6.32. The van der Waals surface area contributed by atoms with Gasteiger partial charge in [0.15, 0.2) is 0 Å². The maximum atomic E-state index is 12.5. The van der Waals surface area contributed by atoms with Crippen molar-refractivity contribution >= 4 is 29.3 Å². The average Bonchev–Trinajstić information content (AvgIpc) is 2.73. The third-order valence-electron chi connectivity index (χ3n) is 5.25. The van der Waals surface area contributed by atoms with Crippen LogP contribution in [-0.4, -0.2) is 43.8 Å². The molecule has 28 heavy (non-hydrogen) atoms. The molecule has 0 saturated carbocycles. The van der Waals surface area contributed by atoms with Crippen molar-refractivity contribution in [3.05, 3.63) is 58.6 Å². The largest absolute Gasteiger partial charge is 0.496 e. The van der Waals surface area contributed by atoms with E-state index < -0.39 is 0 Å². The van der Waals surface area contributed by atoms with Crippen LogP contribution in [0.5, 0.6) is 5.75 Å². The first-order valence-electron chi connectivity index (χ1n) is 9.56. The molecule has 0 aromatic heterocycles. The van der Waals surface area contributed by atoms with Gasteiger partial charge < -0.3 is 10.1 Å². The lowest BCUT2D eigenvalue weighted by molar-refractivity contribution is 0.0932. The van der Waals surface area contributed by atoms with E-state index in [1.54, 1.807) is 37.1 Å². The Morgan fingerprint density at radius 2 is 2.00 bits per heavy atom. The molecule has 1 N–H and O–H groups in total. The third kappa shape index (κ3) is 5.43. The Hall–Kier alpha value is -1.69. The second-order valence-corrected chi connectivity index (χ2v) is 8.37. The van der Waals surface area contributed by atoms with E-state index in [2.05, 4.69) is 40.7 Å². The minimum atomic E-state index is -0.129. The highest BCUT2D eigenvalue weighted by atomic mass is 35.5. The smallest absolute Gasteiger partial charge is 0.255 e. The molecule has 0 bridgehead atoms. The van der Waals surface area contributed by atoms with E-state index >= 15 is 0 Å². The van der Waals surface area contributed by atoms with E-state index in [0.717, 1.165) is 32.5 Å². The van der Waals surface area contributed by atoms with Crippen molar-refractivity contribution in [2.24, 2.45) is 5.92 Å². The van der Waals surface area contributed by atoms with Crippen LogP contribution in [0.3, 0.4) is 0 Å². The van der Waals surface area contributed by atoms with Gasteiger partial charge in [-0.05, 0) is 67.9 Å². The second-order valence-electron chi connectivity index (χ2n) is 7.09. The number of amides is 1. The summed E-state index contributed by atoms with van der Waals surface area (Å²) in [7, 11) is 1.56. The number of nitrogens with one attached hydrogen (secondary N) is 1. The van der Waals surface area contributed by atoms with Crippen LogP contribution in [0, 0.1) is 5.92 Å². The lowest BCUT2D eigenvalue weighted by atomic mass is 9.96. The fourth-order valence-electron chi connectivity index (χ4n) is 3.61. The molecule has 6 heteroatoms. The molecule has 0 spiro atoms. The summed E-state index contributed by atoms with van der Waals surface area (Å²) in [6, 6.07) is 13.7. The number of hydrogen-bond donors (Lipinski definition) is 1. The first-order chi connectivity index (χ1) is 13.6. The Balaban J connectivity index is 1.48. The average molecular weight is 419 g/mol. The Morgan fingerprint density at radius 1 is 1.25 bits per heavy atom. The van der Waals surface area contributed by atoms with Crippen LogP contribution in [0.15, 0.2) is 47.4 Å². The minimum Gasteiger partial charge on any atom is -0.496 e. The summed E-state index contributed by atoms with van der Waals surface area (Å²) >= 11 is 7.83. The predicted molar refractivity (Wildman–Crippen MR) is 117 cm³/mol. The number of hydrogen-bond acceptors (Lipinski definition) is 4. The van der Waals surface area contributed by atoms with Crippen LogP contribution >= 0.6 is 23.4 Å². The molecule has 4 nitrogen and oxygen atoms in total. The van der Waals surface area contributed by atoms with Gasteiger partial charge in [0.2, 0.25) is 0 Å². The summed E-state index contributed by atoms with van der Waals surface area (Å²) in [6.45, 7) is 3.80.